The van der Waals surface area contributed by atoms with E-state index in [1.807, 2.05) is 6.07 Å². The molecule has 3 fully saturated rings. The Morgan fingerprint density at radius 2 is 2.00 bits per heavy atom. The van der Waals surface area contributed by atoms with Gasteiger partial charge < -0.3 is 20.3 Å². The van der Waals surface area contributed by atoms with E-state index in [2.05, 4.69) is 25.5 Å². The molecule has 1 amide bonds. The molecule has 2 saturated heterocycles. The number of amides is 1. The number of fused-ring (bicyclic) bond motifs is 1. The zero-order valence-corrected chi connectivity index (χ0v) is 21.2. The number of carbonyl (C=O) groups is 1. The third-order valence-electron chi connectivity index (χ3n) is 8.15. The third-order valence-corrected chi connectivity index (χ3v) is 8.15. The highest BCUT2D eigenvalue weighted by molar-refractivity contribution is 5.99. The summed E-state index contributed by atoms with van der Waals surface area (Å²) < 4.78 is 46.7. The van der Waals surface area contributed by atoms with Crippen LogP contribution in [0.5, 0.6) is 0 Å². The summed E-state index contributed by atoms with van der Waals surface area (Å²) in [5, 5.41) is 5.92. The second-order valence-corrected chi connectivity index (χ2v) is 10.8. The normalized spacial score (nSPS) is 21.8. The van der Waals surface area contributed by atoms with Crippen LogP contribution in [0.2, 0.25) is 0 Å². The van der Waals surface area contributed by atoms with Crippen molar-refractivity contribution in [3.8, 4) is 0 Å². The van der Waals surface area contributed by atoms with Crippen LogP contribution in [0.4, 0.5) is 24.7 Å². The molecule has 3 aromatic heterocycles. The number of alkyl halides is 3. The number of carbonyl (C=O) groups excluding carboxylic acids is 1. The lowest BCUT2D eigenvalue weighted by molar-refractivity contribution is -0.185. The molecule has 6 rings (SSSR count). The summed E-state index contributed by atoms with van der Waals surface area (Å²) in [6, 6.07) is 10.1. The Balaban J connectivity index is 1.13. The van der Waals surface area contributed by atoms with Crippen molar-refractivity contribution < 1.29 is 22.7 Å². The number of nitrogens with zero attached hydrogens (tertiary/aromatic N) is 4. The zero-order chi connectivity index (χ0) is 27.3. The number of hydrogen-bond donors (Lipinski definition) is 2. The smallest absolute Gasteiger partial charge is 0.378 e. The Labute approximate surface area is 222 Å². The maximum absolute atomic E-state index is 13.3. The molecule has 39 heavy (non-hydrogen) atoms. The summed E-state index contributed by atoms with van der Waals surface area (Å²) in [7, 11) is 0. The van der Waals surface area contributed by atoms with E-state index in [1.165, 1.54) is 10.5 Å². The Bertz CT molecular complexity index is 1430. The number of aromatic nitrogens is 3. The van der Waals surface area contributed by atoms with Crippen molar-refractivity contribution in [3.05, 3.63) is 64.8 Å². The van der Waals surface area contributed by atoms with Crippen molar-refractivity contribution in [3.63, 3.8) is 0 Å². The maximum atomic E-state index is 13.3. The van der Waals surface area contributed by atoms with Crippen LogP contribution in [-0.2, 0) is 14.9 Å². The molecular formula is C27H29F3N6O3. The van der Waals surface area contributed by atoms with Crippen molar-refractivity contribution in [2.45, 2.75) is 43.3 Å². The lowest BCUT2D eigenvalue weighted by Gasteiger charge is -2.39. The van der Waals surface area contributed by atoms with E-state index < -0.39 is 17.0 Å². The highest BCUT2D eigenvalue weighted by Gasteiger charge is 2.62. The second-order valence-electron chi connectivity index (χ2n) is 10.8. The molecule has 1 unspecified atom stereocenters. The Morgan fingerprint density at radius 1 is 1.18 bits per heavy atom. The summed E-state index contributed by atoms with van der Waals surface area (Å²) in [6.45, 7) is 1.62. The molecule has 0 spiro atoms. The van der Waals surface area contributed by atoms with Gasteiger partial charge in [0, 0.05) is 37.9 Å². The average molecular weight is 543 g/mol. The monoisotopic (exact) mass is 542 g/mol. The first-order valence-electron chi connectivity index (χ1n) is 13.1. The topological polar surface area (TPSA) is 101 Å². The van der Waals surface area contributed by atoms with Crippen molar-refractivity contribution in [2.24, 2.45) is 5.41 Å². The van der Waals surface area contributed by atoms with Crippen LogP contribution in [0.15, 0.2) is 53.6 Å². The largest absolute Gasteiger partial charge is 0.395 e. The molecule has 2 aliphatic heterocycles. The number of pyridine rings is 2. The van der Waals surface area contributed by atoms with Crippen molar-refractivity contribution in [1.82, 2.24) is 19.7 Å². The number of rotatable bonds is 7. The van der Waals surface area contributed by atoms with E-state index in [0.29, 0.717) is 17.9 Å². The fourth-order valence-corrected chi connectivity index (χ4v) is 5.34. The first-order chi connectivity index (χ1) is 18.7. The quantitative estimate of drug-likeness (QED) is 0.474. The summed E-state index contributed by atoms with van der Waals surface area (Å²) >= 11 is 0. The molecule has 1 atom stereocenters. The van der Waals surface area contributed by atoms with Crippen LogP contribution in [0.25, 0.3) is 5.65 Å². The minimum atomic E-state index is -4.16. The van der Waals surface area contributed by atoms with Crippen LogP contribution in [0.1, 0.15) is 31.4 Å². The van der Waals surface area contributed by atoms with Gasteiger partial charge in [-0.3, -0.25) is 19.0 Å². The first-order valence-corrected chi connectivity index (χ1v) is 13.1. The predicted molar refractivity (Wildman–Crippen MR) is 138 cm³/mol. The number of halogens is 3. The zero-order valence-electron chi connectivity index (χ0n) is 21.2. The van der Waals surface area contributed by atoms with Crippen LogP contribution in [0, 0.1) is 5.41 Å². The van der Waals surface area contributed by atoms with Crippen LogP contribution in [-0.4, -0.2) is 65.3 Å². The van der Waals surface area contributed by atoms with Gasteiger partial charge in [0.05, 0.1) is 36.2 Å². The molecule has 1 aliphatic carbocycles. The lowest BCUT2D eigenvalue weighted by atomic mass is 9.81. The van der Waals surface area contributed by atoms with Gasteiger partial charge >= 0.3 is 6.18 Å². The van der Waals surface area contributed by atoms with E-state index in [9.17, 15) is 22.8 Å². The van der Waals surface area contributed by atoms with Gasteiger partial charge in [-0.25, -0.2) is 4.98 Å². The molecule has 9 nitrogen and oxygen atoms in total. The fourth-order valence-electron chi connectivity index (χ4n) is 5.34. The lowest BCUT2D eigenvalue weighted by Crippen LogP contribution is -2.56. The Hall–Kier alpha value is -3.51. The standard InChI is InChI=1S/C27H29F3N6O3/c28-27(29,30)25(8-9-25)15-32-18-4-3-10-35(14-18)19-6-7-20(31-13-19)26(16-39-17-26)24(38)34-21-12-23(37)36-11-2-1-5-22(36)33-21/h1-2,5-7,11-13,18,32H,3-4,8-10,14-17H2,(H,34,38). The summed E-state index contributed by atoms with van der Waals surface area (Å²) in [6.07, 6.45) is 1.21. The van der Waals surface area contributed by atoms with Gasteiger partial charge in [0.2, 0.25) is 5.91 Å². The highest BCUT2D eigenvalue weighted by Crippen LogP contribution is 2.57. The number of nitrogens with one attached hydrogen (secondary N) is 2. The average Bonchev–Trinajstić information content (AvgIpc) is 3.69. The van der Waals surface area contributed by atoms with Crippen molar-refractivity contribution in [1.29, 1.82) is 0 Å². The van der Waals surface area contributed by atoms with E-state index in [0.717, 1.165) is 25.1 Å². The van der Waals surface area contributed by atoms with Gasteiger partial charge in [-0.05, 0) is 49.9 Å². The van der Waals surface area contributed by atoms with Gasteiger partial charge in [0.25, 0.3) is 5.56 Å². The van der Waals surface area contributed by atoms with Crippen LogP contribution in [0.3, 0.4) is 0 Å². The predicted octanol–water partition coefficient (Wildman–Crippen LogP) is 2.90. The van der Waals surface area contributed by atoms with Crippen molar-refractivity contribution >= 4 is 23.1 Å². The van der Waals surface area contributed by atoms with Crippen LogP contribution >= 0.6 is 0 Å². The SMILES string of the molecule is O=C(Nc1cc(=O)n2ccccc2n1)C1(c2ccc(N3CCCC(NCC4(C(F)(F)F)CC4)C3)cn2)COC1. The van der Waals surface area contributed by atoms with Gasteiger partial charge in [0.1, 0.15) is 16.9 Å². The molecule has 12 heteroatoms. The van der Waals surface area contributed by atoms with E-state index in [4.69, 9.17) is 4.74 Å². The summed E-state index contributed by atoms with van der Waals surface area (Å²) in [5.41, 5.74) is -1.07. The molecule has 206 valence electrons. The molecule has 1 saturated carbocycles. The number of ether oxygens (including phenoxy) is 1. The Morgan fingerprint density at radius 3 is 2.67 bits per heavy atom. The second kappa shape index (κ2) is 9.60. The summed E-state index contributed by atoms with van der Waals surface area (Å²) in [4.78, 5) is 36.8. The van der Waals surface area contributed by atoms with E-state index in [-0.39, 0.29) is 55.9 Å². The molecule has 3 aromatic rings. The molecule has 0 radical (unpaired) electrons. The highest BCUT2D eigenvalue weighted by atomic mass is 19.4. The van der Waals surface area contributed by atoms with Gasteiger partial charge in [-0.1, -0.05) is 6.07 Å². The number of piperidine rings is 1. The fraction of sp³-hybridized carbons (Fsp3) is 0.481. The van der Waals surface area contributed by atoms with Gasteiger partial charge in [-0.15, -0.1) is 0 Å². The molecule has 0 aromatic carbocycles. The Kier molecular flexibility index (Phi) is 6.34. The van der Waals surface area contributed by atoms with Gasteiger partial charge in [0.15, 0.2) is 0 Å². The number of anilines is 2. The molecule has 3 aliphatic rings. The minimum absolute atomic E-state index is 0.0334. The third kappa shape index (κ3) is 4.76. The molecule has 2 N–H and O–H groups in total. The van der Waals surface area contributed by atoms with Crippen LogP contribution < -0.4 is 21.1 Å². The van der Waals surface area contributed by atoms with Crippen molar-refractivity contribution in [2.75, 3.05) is 43.1 Å². The van der Waals surface area contributed by atoms with Gasteiger partial charge in [-0.2, -0.15) is 13.2 Å². The molecule has 0 bridgehead atoms. The van der Waals surface area contributed by atoms with E-state index >= 15 is 0 Å². The van der Waals surface area contributed by atoms with E-state index in [1.54, 1.807) is 36.7 Å². The number of hydrogen-bond acceptors (Lipinski definition) is 7. The first kappa shape index (κ1) is 25.8. The molecular weight excluding hydrogens is 513 g/mol. The molecule has 5 heterocycles. The summed E-state index contributed by atoms with van der Waals surface area (Å²) in [5.74, 6) is -0.202. The minimum Gasteiger partial charge on any atom is -0.378 e. The maximum Gasteiger partial charge on any atom is 0.395 e.